The van der Waals surface area contributed by atoms with Gasteiger partial charge in [0.2, 0.25) is 11.8 Å². The maximum atomic E-state index is 12.6. The highest BCUT2D eigenvalue weighted by molar-refractivity contribution is 6.04. The molecule has 0 saturated carbocycles. The lowest BCUT2D eigenvalue weighted by Gasteiger charge is -2.20. The number of hydrogen-bond acceptors (Lipinski definition) is 4. The first-order chi connectivity index (χ1) is 12.5. The highest BCUT2D eigenvalue weighted by Gasteiger charge is 2.36. The van der Waals surface area contributed by atoms with Crippen molar-refractivity contribution in [3.8, 4) is 11.5 Å². The molecular weight excluding hydrogens is 332 g/mol. The predicted octanol–water partition coefficient (Wildman–Crippen LogP) is 3.00. The average molecular weight is 354 g/mol. The van der Waals surface area contributed by atoms with E-state index in [1.54, 1.807) is 31.3 Å². The summed E-state index contributed by atoms with van der Waals surface area (Å²) in [4.78, 5) is 26.8. The van der Waals surface area contributed by atoms with Crippen LogP contribution in [0, 0.1) is 12.8 Å². The number of amides is 2. The maximum absolute atomic E-state index is 12.6. The van der Waals surface area contributed by atoms with Crippen LogP contribution in [0.3, 0.4) is 0 Å². The third-order valence-electron chi connectivity index (χ3n) is 4.49. The van der Waals surface area contributed by atoms with Crippen LogP contribution in [0.2, 0.25) is 0 Å². The Morgan fingerprint density at radius 3 is 2.58 bits per heavy atom. The Balaban J connectivity index is 1.77. The van der Waals surface area contributed by atoms with Crippen molar-refractivity contribution >= 4 is 23.2 Å². The Morgan fingerprint density at radius 2 is 1.85 bits per heavy atom. The van der Waals surface area contributed by atoms with Gasteiger partial charge < -0.3 is 19.7 Å². The fourth-order valence-corrected chi connectivity index (χ4v) is 3.11. The van der Waals surface area contributed by atoms with E-state index in [4.69, 9.17) is 9.47 Å². The van der Waals surface area contributed by atoms with Crippen molar-refractivity contribution in [3.05, 3.63) is 48.0 Å². The van der Waals surface area contributed by atoms with Crippen LogP contribution < -0.4 is 19.7 Å². The van der Waals surface area contributed by atoms with Crippen LogP contribution >= 0.6 is 0 Å². The fraction of sp³-hybridized carbons (Fsp3) is 0.300. The van der Waals surface area contributed by atoms with Crippen LogP contribution in [0.5, 0.6) is 11.5 Å². The largest absolute Gasteiger partial charge is 0.495 e. The maximum Gasteiger partial charge on any atom is 0.229 e. The number of ether oxygens (including phenoxy) is 2. The summed E-state index contributed by atoms with van der Waals surface area (Å²) < 4.78 is 10.6. The second-order valence-electron chi connectivity index (χ2n) is 6.27. The number of para-hydroxylation sites is 2. The molecule has 6 heteroatoms. The topological polar surface area (TPSA) is 67.9 Å². The summed E-state index contributed by atoms with van der Waals surface area (Å²) in [6, 6.07) is 12.9. The Kier molecular flexibility index (Phi) is 5.11. The molecule has 0 spiro atoms. The lowest BCUT2D eigenvalue weighted by Crippen LogP contribution is -2.28. The second-order valence-corrected chi connectivity index (χ2v) is 6.27. The van der Waals surface area contributed by atoms with Gasteiger partial charge in [0.25, 0.3) is 0 Å². The molecule has 1 saturated heterocycles. The van der Waals surface area contributed by atoms with Crippen LogP contribution in [-0.2, 0) is 9.59 Å². The van der Waals surface area contributed by atoms with Crippen LogP contribution in [0.1, 0.15) is 12.0 Å². The predicted molar refractivity (Wildman–Crippen MR) is 99.8 cm³/mol. The molecule has 0 aliphatic carbocycles. The molecule has 0 aromatic heterocycles. The zero-order valence-corrected chi connectivity index (χ0v) is 15.1. The minimum Gasteiger partial charge on any atom is -0.495 e. The van der Waals surface area contributed by atoms with Gasteiger partial charge in [-0.05, 0) is 36.8 Å². The first-order valence-electron chi connectivity index (χ1n) is 8.42. The van der Waals surface area contributed by atoms with E-state index >= 15 is 0 Å². The molecule has 0 bridgehead atoms. The van der Waals surface area contributed by atoms with E-state index in [2.05, 4.69) is 5.32 Å². The van der Waals surface area contributed by atoms with Crippen LogP contribution in [0.25, 0.3) is 0 Å². The van der Waals surface area contributed by atoms with Crippen molar-refractivity contribution in [2.75, 3.05) is 31.0 Å². The smallest absolute Gasteiger partial charge is 0.229 e. The second kappa shape index (κ2) is 7.47. The first kappa shape index (κ1) is 17.8. The lowest BCUT2D eigenvalue weighted by molar-refractivity contribution is -0.122. The van der Waals surface area contributed by atoms with E-state index in [9.17, 15) is 9.59 Å². The number of carbonyl (C=O) groups excluding carboxylic acids is 2. The van der Waals surface area contributed by atoms with E-state index in [0.29, 0.717) is 29.4 Å². The number of benzene rings is 2. The summed E-state index contributed by atoms with van der Waals surface area (Å²) in [7, 11) is 3.12. The Bertz CT molecular complexity index is 834. The van der Waals surface area contributed by atoms with E-state index in [-0.39, 0.29) is 18.2 Å². The number of methoxy groups -OCH3 is 2. The number of hydrogen-bond donors (Lipinski definition) is 1. The van der Waals surface area contributed by atoms with E-state index in [1.807, 2.05) is 37.3 Å². The number of nitrogens with zero attached hydrogens (tertiary/aromatic N) is 1. The Hall–Kier alpha value is -3.02. The summed E-state index contributed by atoms with van der Waals surface area (Å²) in [6.45, 7) is 2.27. The highest BCUT2D eigenvalue weighted by atomic mass is 16.5. The quantitative estimate of drug-likeness (QED) is 0.896. The molecule has 1 atom stereocenters. The van der Waals surface area contributed by atoms with Gasteiger partial charge in [-0.3, -0.25) is 9.59 Å². The number of aryl methyl sites for hydroxylation is 1. The molecular formula is C20H22N2O4. The average Bonchev–Trinajstić information content (AvgIpc) is 3.04. The van der Waals surface area contributed by atoms with Gasteiger partial charge in [-0.15, -0.1) is 0 Å². The van der Waals surface area contributed by atoms with Gasteiger partial charge in [0.15, 0.2) is 0 Å². The normalized spacial score (nSPS) is 16.5. The Labute approximate surface area is 152 Å². The molecule has 2 amide bonds. The summed E-state index contributed by atoms with van der Waals surface area (Å²) in [5.74, 6) is 0.487. The van der Waals surface area contributed by atoms with Crippen molar-refractivity contribution in [2.24, 2.45) is 5.92 Å². The third-order valence-corrected chi connectivity index (χ3v) is 4.49. The van der Waals surface area contributed by atoms with Gasteiger partial charge in [0.1, 0.15) is 11.5 Å². The molecule has 1 fully saturated rings. The van der Waals surface area contributed by atoms with Crippen LogP contribution in [0.4, 0.5) is 11.4 Å². The molecule has 2 aromatic rings. The number of anilines is 2. The fourth-order valence-electron chi connectivity index (χ4n) is 3.11. The summed E-state index contributed by atoms with van der Waals surface area (Å²) in [5.41, 5.74) is 2.32. The van der Waals surface area contributed by atoms with Gasteiger partial charge >= 0.3 is 0 Å². The monoisotopic (exact) mass is 354 g/mol. The van der Waals surface area contributed by atoms with Gasteiger partial charge in [0.05, 0.1) is 31.5 Å². The first-order valence-corrected chi connectivity index (χ1v) is 8.42. The van der Waals surface area contributed by atoms with Gasteiger partial charge in [-0.1, -0.05) is 18.2 Å². The molecule has 1 aliphatic rings. The minimum atomic E-state index is -0.433. The van der Waals surface area contributed by atoms with Crippen molar-refractivity contribution in [3.63, 3.8) is 0 Å². The number of rotatable bonds is 5. The number of nitrogens with one attached hydrogen (secondary N) is 1. The van der Waals surface area contributed by atoms with Crippen molar-refractivity contribution in [2.45, 2.75) is 13.3 Å². The van der Waals surface area contributed by atoms with E-state index < -0.39 is 5.92 Å². The number of carbonyl (C=O) groups is 2. The summed E-state index contributed by atoms with van der Waals surface area (Å²) in [6.07, 6.45) is 0.165. The minimum absolute atomic E-state index is 0.0888. The van der Waals surface area contributed by atoms with Crippen LogP contribution in [0.15, 0.2) is 42.5 Å². The molecule has 1 heterocycles. The SMILES string of the molecule is COc1ccccc1NC(=O)[C@H]1CC(=O)N(c2cc(C)ccc2OC)C1. The molecule has 6 nitrogen and oxygen atoms in total. The lowest BCUT2D eigenvalue weighted by atomic mass is 10.1. The zero-order valence-electron chi connectivity index (χ0n) is 15.1. The van der Waals surface area contributed by atoms with E-state index in [0.717, 1.165) is 5.56 Å². The Morgan fingerprint density at radius 1 is 1.12 bits per heavy atom. The highest BCUT2D eigenvalue weighted by Crippen LogP contribution is 2.34. The third kappa shape index (κ3) is 3.49. The van der Waals surface area contributed by atoms with Crippen LogP contribution in [-0.4, -0.2) is 32.6 Å². The van der Waals surface area contributed by atoms with E-state index in [1.165, 1.54) is 0 Å². The van der Waals surface area contributed by atoms with Crippen molar-refractivity contribution in [1.29, 1.82) is 0 Å². The molecule has 0 unspecified atom stereocenters. The molecule has 3 rings (SSSR count). The van der Waals surface area contributed by atoms with Crippen molar-refractivity contribution in [1.82, 2.24) is 0 Å². The van der Waals surface area contributed by atoms with Gasteiger partial charge in [-0.25, -0.2) is 0 Å². The molecule has 136 valence electrons. The molecule has 0 radical (unpaired) electrons. The molecule has 1 N–H and O–H groups in total. The van der Waals surface area contributed by atoms with Gasteiger partial charge in [-0.2, -0.15) is 0 Å². The summed E-state index contributed by atoms with van der Waals surface area (Å²) in [5, 5.41) is 2.86. The standard InChI is InChI=1S/C20H22N2O4/c1-13-8-9-18(26-3)16(10-13)22-12-14(11-19(22)23)20(24)21-15-6-4-5-7-17(15)25-2/h4-10,14H,11-12H2,1-3H3,(H,21,24)/t14-/m0/s1. The molecule has 26 heavy (non-hydrogen) atoms. The van der Waals surface area contributed by atoms with Crippen molar-refractivity contribution < 1.29 is 19.1 Å². The summed E-state index contributed by atoms with van der Waals surface area (Å²) >= 11 is 0. The zero-order chi connectivity index (χ0) is 18.7. The molecule has 1 aliphatic heterocycles. The molecule has 2 aromatic carbocycles. The van der Waals surface area contributed by atoms with Gasteiger partial charge in [0, 0.05) is 13.0 Å².